The van der Waals surface area contributed by atoms with E-state index in [2.05, 4.69) is 14.9 Å². The fraction of sp³-hybridized carbons (Fsp3) is 0.636. The summed E-state index contributed by atoms with van der Waals surface area (Å²) >= 11 is 5.81. The summed E-state index contributed by atoms with van der Waals surface area (Å²) in [5.41, 5.74) is 0. The van der Waals surface area contributed by atoms with Gasteiger partial charge in [-0.3, -0.25) is 4.90 Å². The molecule has 1 aromatic rings. The van der Waals surface area contributed by atoms with Gasteiger partial charge in [0, 0.05) is 12.6 Å². The van der Waals surface area contributed by atoms with Crippen LogP contribution in [0.3, 0.4) is 0 Å². The number of rotatable bonds is 4. The Kier molecular flexibility index (Phi) is 3.96. The summed E-state index contributed by atoms with van der Waals surface area (Å²) in [5, 5.41) is 0.434. The van der Waals surface area contributed by atoms with Crippen LogP contribution in [-0.2, 0) is 0 Å². The number of ether oxygens (including phenoxy) is 1. The normalized spacial score (nSPS) is 16.6. The highest BCUT2D eigenvalue weighted by Gasteiger charge is 2.11. The molecule has 0 aliphatic carbocycles. The summed E-state index contributed by atoms with van der Waals surface area (Å²) in [7, 11) is 0. The number of aryl methyl sites for hydroxylation is 1. The van der Waals surface area contributed by atoms with Crippen molar-refractivity contribution in [2.75, 3.05) is 26.2 Å². The lowest BCUT2D eigenvalue weighted by Gasteiger charge is -2.14. The zero-order valence-corrected chi connectivity index (χ0v) is 10.2. The van der Waals surface area contributed by atoms with Crippen LogP contribution in [0.1, 0.15) is 18.7 Å². The SMILES string of the molecule is Cc1nc(Cl)cc(OCCN2CCCC2)n1. The molecule has 0 saturated carbocycles. The van der Waals surface area contributed by atoms with E-state index in [0.717, 1.165) is 6.54 Å². The molecule has 0 unspecified atom stereocenters. The van der Waals surface area contributed by atoms with E-state index in [1.165, 1.54) is 25.9 Å². The molecule has 1 aliphatic rings. The van der Waals surface area contributed by atoms with E-state index in [1.54, 1.807) is 13.0 Å². The van der Waals surface area contributed by atoms with E-state index in [0.29, 0.717) is 23.5 Å². The van der Waals surface area contributed by atoms with Gasteiger partial charge in [-0.05, 0) is 32.9 Å². The average molecular weight is 242 g/mol. The molecule has 4 nitrogen and oxygen atoms in total. The number of hydrogen-bond donors (Lipinski definition) is 0. The lowest BCUT2D eigenvalue weighted by Crippen LogP contribution is -2.25. The molecule has 1 fully saturated rings. The summed E-state index contributed by atoms with van der Waals surface area (Å²) in [6, 6.07) is 1.65. The Balaban J connectivity index is 1.80. The fourth-order valence-corrected chi connectivity index (χ4v) is 2.08. The van der Waals surface area contributed by atoms with Gasteiger partial charge >= 0.3 is 0 Å². The summed E-state index contributed by atoms with van der Waals surface area (Å²) < 4.78 is 5.55. The van der Waals surface area contributed by atoms with Crippen molar-refractivity contribution in [3.63, 3.8) is 0 Å². The molecule has 88 valence electrons. The van der Waals surface area contributed by atoms with Gasteiger partial charge in [-0.15, -0.1) is 0 Å². The quantitative estimate of drug-likeness (QED) is 0.755. The average Bonchev–Trinajstić information content (AvgIpc) is 2.69. The first kappa shape index (κ1) is 11.6. The maximum atomic E-state index is 5.81. The maximum Gasteiger partial charge on any atom is 0.218 e. The number of hydrogen-bond acceptors (Lipinski definition) is 4. The van der Waals surface area contributed by atoms with Gasteiger partial charge < -0.3 is 4.74 Å². The highest BCUT2D eigenvalue weighted by atomic mass is 35.5. The molecule has 1 saturated heterocycles. The summed E-state index contributed by atoms with van der Waals surface area (Å²) in [6.07, 6.45) is 2.61. The second-order valence-corrected chi connectivity index (χ2v) is 4.36. The van der Waals surface area contributed by atoms with Crippen molar-refractivity contribution in [1.82, 2.24) is 14.9 Å². The van der Waals surface area contributed by atoms with Gasteiger partial charge in [0.2, 0.25) is 5.88 Å². The van der Waals surface area contributed by atoms with Crippen LogP contribution < -0.4 is 4.74 Å². The van der Waals surface area contributed by atoms with Crippen molar-refractivity contribution in [3.05, 3.63) is 17.0 Å². The van der Waals surface area contributed by atoms with Gasteiger partial charge in [-0.25, -0.2) is 4.98 Å². The fourth-order valence-electron chi connectivity index (χ4n) is 1.86. The molecule has 1 aromatic heterocycles. The van der Waals surface area contributed by atoms with Gasteiger partial charge in [0.15, 0.2) is 0 Å². The molecule has 0 N–H and O–H groups in total. The Hall–Kier alpha value is -0.870. The molecule has 0 radical (unpaired) electrons. The highest BCUT2D eigenvalue weighted by Crippen LogP contribution is 2.13. The van der Waals surface area contributed by atoms with Crippen LogP contribution in [0, 0.1) is 6.92 Å². The van der Waals surface area contributed by atoms with Crippen LogP contribution in [-0.4, -0.2) is 41.1 Å². The smallest absolute Gasteiger partial charge is 0.218 e. The van der Waals surface area contributed by atoms with Crippen LogP contribution in [0.25, 0.3) is 0 Å². The summed E-state index contributed by atoms with van der Waals surface area (Å²) in [6.45, 7) is 5.80. The van der Waals surface area contributed by atoms with Crippen molar-refractivity contribution in [2.24, 2.45) is 0 Å². The minimum absolute atomic E-state index is 0.434. The molecular formula is C11H16ClN3O. The van der Waals surface area contributed by atoms with Crippen LogP contribution >= 0.6 is 11.6 Å². The number of aromatic nitrogens is 2. The Morgan fingerprint density at radius 3 is 2.81 bits per heavy atom. The van der Waals surface area contributed by atoms with Crippen molar-refractivity contribution >= 4 is 11.6 Å². The minimum Gasteiger partial charge on any atom is -0.476 e. The van der Waals surface area contributed by atoms with Gasteiger partial charge in [0.25, 0.3) is 0 Å². The second-order valence-electron chi connectivity index (χ2n) is 3.97. The predicted molar refractivity (Wildman–Crippen MR) is 62.9 cm³/mol. The van der Waals surface area contributed by atoms with Crippen LogP contribution in [0.4, 0.5) is 0 Å². The molecule has 0 aromatic carbocycles. The van der Waals surface area contributed by atoms with Crippen LogP contribution in [0.2, 0.25) is 5.15 Å². The molecule has 2 rings (SSSR count). The van der Waals surface area contributed by atoms with E-state index in [-0.39, 0.29) is 0 Å². The molecule has 0 amide bonds. The van der Waals surface area contributed by atoms with Gasteiger partial charge in [-0.1, -0.05) is 11.6 Å². The molecule has 1 aliphatic heterocycles. The Morgan fingerprint density at radius 1 is 1.38 bits per heavy atom. The molecule has 0 atom stereocenters. The van der Waals surface area contributed by atoms with Crippen LogP contribution in [0.5, 0.6) is 5.88 Å². The van der Waals surface area contributed by atoms with E-state index >= 15 is 0 Å². The van der Waals surface area contributed by atoms with E-state index in [4.69, 9.17) is 16.3 Å². The zero-order chi connectivity index (χ0) is 11.4. The lowest BCUT2D eigenvalue weighted by molar-refractivity contribution is 0.231. The van der Waals surface area contributed by atoms with Crippen molar-refractivity contribution in [2.45, 2.75) is 19.8 Å². The summed E-state index contributed by atoms with van der Waals surface area (Å²) in [5.74, 6) is 1.21. The minimum atomic E-state index is 0.434. The van der Waals surface area contributed by atoms with E-state index in [9.17, 15) is 0 Å². The standard InChI is InChI=1S/C11H16ClN3O/c1-9-13-10(12)8-11(14-9)16-7-6-15-4-2-3-5-15/h8H,2-7H2,1H3. The topological polar surface area (TPSA) is 38.2 Å². The van der Waals surface area contributed by atoms with Gasteiger partial charge in [0.05, 0.1) is 0 Å². The third-order valence-electron chi connectivity index (χ3n) is 2.64. The highest BCUT2D eigenvalue weighted by molar-refractivity contribution is 6.29. The van der Waals surface area contributed by atoms with Gasteiger partial charge in [-0.2, -0.15) is 4.98 Å². The summed E-state index contributed by atoms with van der Waals surface area (Å²) in [4.78, 5) is 10.5. The molecule has 16 heavy (non-hydrogen) atoms. The first-order valence-electron chi connectivity index (χ1n) is 5.60. The molecule has 0 spiro atoms. The third kappa shape index (κ3) is 3.32. The molecule has 0 bridgehead atoms. The first-order valence-corrected chi connectivity index (χ1v) is 5.98. The number of nitrogens with zero attached hydrogens (tertiary/aromatic N) is 3. The Labute approximate surface area is 101 Å². The monoisotopic (exact) mass is 241 g/mol. The lowest BCUT2D eigenvalue weighted by atomic mass is 10.4. The maximum absolute atomic E-state index is 5.81. The Bertz CT molecular complexity index is 333. The third-order valence-corrected chi connectivity index (χ3v) is 2.83. The van der Waals surface area contributed by atoms with Crippen LogP contribution in [0.15, 0.2) is 6.07 Å². The van der Waals surface area contributed by atoms with E-state index < -0.39 is 0 Å². The van der Waals surface area contributed by atoms with Gasteiger partial charge in [0.1, 0.15) is 17.6 Å². The van der Waals surface area contributed by atoms with Crippen molar-refractivity contribution in [3.8, 4) is 5.88 Å². The number of halogens is 1. The first-order chi connectivity index (χ1) is 7.74. The zero-order valence-electron chi connectivity index (χ0n) is 9.45. The molecular weight excluding hydrogens is 226 g/mol. The molecule has 5 heteroatoms. The Morgan fingerprint density at radius 2 is 2.12 bits per heavy atom. The largest absolute Gasteiger partial charge is 0.476 e. The predicted octanol–water partition coefficient (Wildman–Crippen LogP) is 1.91. The van der Waals surface area contributed by atoms with E-state index in [1.807, 2.05) is 0 Å². The molecule has 2 heterocycles. The number of likely N-dealkylation sites (tertiary alicyclic amines) is 1. The second kappa shape index (κ2) is 5.46. The van der Waals surface area contributed by atoms with Crippen molar-refractivity contribution in [1.29, 1.82) is 0 Å². The van der Waals surface area contributed by atoms with Crippen molar-refractivity contribution < 1.29 is 4.74 Å².